The second kappa shape index (κ2) is 6.44. The monoisotopic (exact) mass is 324 g/mol. The van der Waals surface area contributed by atoms with E-state index < -0.39 is 11.0 Å². The van der Waals surface area contributed by atoms with Gasteiger partial charge in [0.15, 0.2) is 0 Å². The highest BCUT2D eigenvalue weighted by molar-refractivity contribution is 6.30. The number of non-ortho nitro benzene ring substituents is 1. The van der Waals surface area contributed by atoms with Gasteiger partial charge in [0, 0.05) is 18.3 Å². The van der Waals surface area contributed by atoms with Gasteiger partial charge in [0.05, 0.1) is 35.0 Å². The molecular weight excluding hydrogens is 312 g/mol. The molecule has 0 saturated carbocycles. The van der Waals surface area contributed by atoms with E-state index in [0.29, 0.717) is 5.02 Å². The molecule has 116 valence electrons. The Labute approximate surface area is 130 Å². The lowest BCUT2D eigenvalue weighted by Crippen LogP contribution is -2.24. The van der Waals surface area contributed by atoms with Gasteiger partial charge in [0.2, 0.25) is 5.91 Å². The summed E-state index contributed by atoms with van der Waals surface area (Å²) in [5.41, 5.74) is 0.0885. The van der Waals surface area contributed by atoms with E-state index in [2.05, 4.69) is 10.4 Å². The SMILES string of the molecule is COc1cc(NC(=O)C(C)n2cc(Cl)cn2)cc([N+](=O)[O-])c1. The van der Waals surface area contributed by atoms with Crippen LogP contribution in [0.25, 0.3) is 0 Å². The van der Waals surface area contributed by atoms with Crippen LogP contribution in [0.3, 0.4) is 0 Å². The van der Waals surface area contributed by atoms with Gasteiger partial charge in [0.25, 0.3) is 5.69 Å². The largest absolute Gasteiger partial charge is 0.496 e. The number of methoxy groups -OCH3 is 1. The Morgan fingerprint density at radius 3 is 2.77 bits per heavy atom. The molecule has 0 radical (unpaired) electrons. The van der Waals surface area contributed by atoms with Crippen molar-refractivity contribution in [3.63, 3.8) is 0 Å². The number of ether oxygens (including phenoxy) is 1. The van der Waals surface area contributed by atoms with Gasteiger partial charge in [-0.1, -0.05) is 11.6 Å². The van der Waals surface area contributed by atoms with Crippen molar-refractivity contribution in [1.82, 2.24) is 9.78 Å². The van der Waals surface area contributed by atoms with Gasteiger partial charge in [-0.15, -0.1) is 0 Å². The van der Waals surface area contributed by atoms with Crippen LogP contribution in [0.4, 0.5) is 11.4 Å². The van der Waals surface area contributed by atoms with E-state index in [4.69, 9.17) is 16.3 Å². The van der Waals surface area contributed by atoms with Gasteiger partial charge >= 0.3 is 0 Å². The number of halogens is 1. The van der Waals surface area contributed by atoms with Gasteiger partial charge in [-0.05, 0) is 6.92 Å². The summed E-state index contributed by atoms with van der Waals surface area (Å²) in [6, 6.07) is 3.39. The number of nitro benzene ring substituents is 1. The summed E-state index contributed by atoms with van der Waals surface area (Å²) in [7, 11) is 1.39. The molecule has 0 saturated heterocycles. The number of nitro groups is 1. The minimum atomic E-state index is -0.627. The van der Waals surface area contributed by atoms with E-state index in [-0.39, 0.29) is 23.0 Å². The number of nitrogens with zero attached hydrogens (tertiary/aromatic N) is 3. The Kier molecular flexibility index (Phi) is 4.62. The van der Waals surface area contributed by atoms with Crippen LogP contribution in [-0.4, -0.2) is 27.7 Å². The Bertz CT molecular complexity index is 716. The molecule has 0 bridgehead atoms. The van der Waals surface area contributed by atoms with E-state index in [1.54, 1.807) is 6.92 Å². The fourth-order valence-electron chi connectivity index (χ4n) is 1.77. The van der Waals surface area contributed by atoms with Crippen LogP contribution in [0.2, 0.25) is 5.02 Å². The number of aromatic nitrogens is 2. The third-order valence-corrected chi connectivity index (χ3v) is 3.15. The number of rotatable bonds is 5. The highest BCUT2D eigenvalue weighted by Crippen LogP contribution is 2.26. The second-order valence-corrected chi connectivity index (χ2v) is 4.92. The lowest BCUT2D eigenvalue weighted by molar-refractivity contribution is -0.384. The summed E-state index contributed by atoms with van der Waals surface area (Å²) in [6.07, 6.45) is 2.93. The zero-order valence-electron chi connectivity index (χ0n) is 11.8. The average molecular weight is 325 g/mol. The Morgan fingerprint density at radius 1 is 1.50 bits per heavy atom. The Balaban J connectivity index is 2.20. The first-order chi connectivity index (χ1) is 10.4. The van der Waals surface area contributed by atoms with Gasteiger partial charge in [0.1, 0.15) is 11.8 Å². The minimum Gasteiger partial charge on any atom is -0.496 e. The van der Waals surface area contributed by atoms with Crippen LogP contribution >= 0.6 is 11.6 Å². The van der Waals surface area contributed by atoms with E-state index in [9.17, 15) is 14.9 Å². The van der Waals surface area contributed by atoms with E-state index >= 15 is 0 Å². The van der Waals surface area contributed by atoms with Crippen molar-refractivity contribution in [1.29, 1.82) is 0 Å². The molecule has 2 rings (SSSR count). The molecular formula is C13H13ClN4O4. The fraction of sp³-hybridized carbons (Fsp3) is 0.231. The smallest absolute Gasteiger partial charge is 0.275 e. The lowest BCUT2D eigenvalue weighted by Gasteiger charge is -2.13. The fourth-order valence-corrected chi connectivity index (χ4v) is 1.92. The molecule has 1 heterocycles. The zero-order chi connectivity index (χ0) is 16.3. The molecule has 0 aliphatic heterocycles. The number of carbonyl (C=O) groups is 1. The van der Waals surface area contributed by atoms with Gasteiger partial charge < -0.3 is 10.1 Å². The highest BCUT2D eigenvalue weighted by atomic mass is 35.5. The lowest BCUT2D eigenvalue weighted by atomic mass is 10.2. The average Bonchev–Trinajstić information content (AvgIpc) is 2.92. The summed E-state index contributed by atoms with van der Waals surface area (Å²) in [5.74, 6) is -0.110. The molecule has 1 amide bonds. The van der Waals surface area contributed by atoms with E-state index in [1.807, 2.05) is 0 Å². The molecule has 8 nitrogen and oxygen atoms in total. The van der Waals surface area contributed by atoms with E-state index in [1.165, 1.54) is 42.4 Å². The number of hydrogen-bond donors (Lipinski definition) is 1. The Morgan fingerprint density at radius 2 is 2.23 bits per heavy atom. The molecule has 22 heavy (non-hydrogen) atoms. The standard InChI is InChI=1S/C13H13ClN4O4/c1-8(17-7-9(14)6-15-17)13(19)16-10-3-11(18(20)21)5-12(4-10)22-2/h3-8H,1-2H3,(H,16,19). The maximum absolute atomic E-state index is 12.2. The predicted octanol–water partition coefficient (Wildman–Crippen LogP) is 2.65. The van der Waals surface area contributed by atoms with Crippen molar-refractivity contribution < 1.29 is 14.5 Å². The molecule has 1 unspecified atom stereocenters. The first kappa shape index (κ1) is 15.8. The molecule has 0 spiro atoms. The summed E-state index contributed by atoms with van der Waals surface area (Å²) in [5, 5.41) is 17.8. The second-order valence-electron chi connectivity index (χ2n) is 4.48. The molecule has 1 N–H and O–H groups in total. The van der Waals surface area contributed by atoms with Crippen molar-refractivity contribution in [2.75, 3.05) is 12.4 Å². The summed E-state index contributed by atoms with van der Waals surface area (Å²) < 4.78 is 6.38. The van der Waals surface area contributed by atoms with Crippen LogP contribution in [0.5, 0.6) is 5.75 Å². The first-order valence-electron chi connectivity index (χ1n) is 6.24. The predicted molar refractivity (Wildman–Crippen MR) is 80.2 cm³/mol. The molecule has 1 aromatic heterocycles. The van der Waals surface area contributed by atoms with Crippen LogP contribution in [0, 0.1) is 10.1 Å². The van der Waals surface area contributed by atoms with Crippen LogP contribution in [0.1, 0.15) is 13.0 Å². The van der Waals surface area contributed by atoms with Crippen LogP contribution in [0.15, 0.2) is 30.6 Å². The third kappa shape index (κ3) is 3.53. The quantitative estimate of drug-likeness (QED) is 0.673. The normalized spacial score (nSPS) is 11.8. The van der Waals surface area contributed by atoms with Gasteiger partial charge in [-0.25, -0.2) is 0 Å². The van der Waals surface area contributed by atoms with Crippen molar-refractivity contribution in [2.24, 2.45) is 0 Å². The number of benzene rings is 1. The number of nitrogens with one attached hydrogen (secondary N) is 1. The molecule has 1 atom stereocenters. The molecule has 0 aliphatic carbocycles. The first-order valence-corrected chi connectivity index (χ1v) is 6.62. The van der Waals surface area contributed by atoms with Crippen molar-refractivity contribution in [2.45, 2.75) is 13.0 Å². The molecule has 0 aliphatic rings. The summed E-state index contributed by atoms with van der Waals surface area (Å²) in [4.78, 5) is 22.5. The van der Waals surface area contributed by atoms with Crippen molar-refractivity contribution in [3.8, 4) is 5.75 Å². The number of amides is 1. The maximum Gasteiger partial charge on any atom is 0.275 e. The van der Waals surface area contributed by atoms with Gasteiger partial charge in [-0.2, -0.15) is 5.10 Å². The van der Waals surface area contributed by atoms with Crippen molar-refractivity contribution >= 4 is 28.9 Å². The molecule has 1 aromatic carbocycles. The topological polar surface area (TPSA) is 99.3 Å². The highest BCUT2D eigenvalue weighted by Gasteiger charge is 2.18. The van der Waals surface area contributed by atoms with Crippen LogP contribution in [-0.2, 0) is 4.79 Å². The van der Waals surface area contributed by atoms with Crippen molar-refractivity contribution in [3.05, 3.63) is 45.7 Å². The third-order valence-electron chi connectivity index (χ3n) is 2.95. The van der Waals surface area contributed by atoms with E-state index in [0.717, 1.165) is 0 Å². The van der Waals surface area contributed by atoms with Gasteiger partial charge in [-0.3, -0.25) is 19.6 Å². The number of anilines is 1. The molecule has 9 heteroatoms. The number of hydrogen-bond acceptors (Lipinski definition) is 5. The summed E-state index contributed by atoms with van der Waals surface area (Å²) in [6.45, 7) is 1.63. The summed E-state index contributed by atoms with van der Waals surface area (Å²) >= 11 is 5.76. The Hall–Kier alpha value is -2.61. The maximum atomic E-state index is 12.2. The molecule has 2 aromatic rings. The zero-order valence-corrected chi connectivity index (χ0v) is 12.6. The molecule has 0 fully saturated rings. The number of carbonyl (C=O) groups excluding carboxylic acids is 1. The minimum absolute atomic E-state index is 0.176. The van der Waals surface area contributed by atoms with Crippen LogP contribution < -0.4 is 10.1 Å².